The second-order valence-corrected chi connectivity index (χ2v) is 5.62. The van der Waals surface area contributed by atoms with E-state index in [-0.39, 0.29) is 12.4 Å². The summed E-state index contributed by atoms with van der Waals surface area (Å²) in [5.41, 5.74) is 0.986. The molecule has 0 aliphatic heterocycles. The third kappa shape index (κ3) is 10.6. The number of unbranched alkanes of at least 4 members (excludes halogenated alkanes) is 9. The maximum atomic E-state index is 5.75. The molecule has 2 nitrogen and oxygen atoms in total. The van der Waals surface area contributed by atoms with Crippen LogP contribution in [0.3, 0.4) is 0 Å². The number of rotatable bonds is 12. The van der Waals surface area contributed by atoms with Gasteiger partial charge < -0.3 is 4.74 Å². The van der Waals surface area contributed by atoms with E-state index < -0.39 is 0 Å². The molecule has 0 saturated heterocycles. The van der Waals surface area contributed by atoms with Crippen LogP contribution in [0.4, 0.5) is 0 Å². The minimum atomic E-state index is 0. The molecule has 0 aliphatic rings. The van der Waals surface area contributed by atoms with E-state index >= 15 is 0 Å². The van der Waals surface area contributed by atoms with Crippen molar-refractivity contribution in [3.8, 4) is 5.75 Å². The molecule has 1 heterocycles. The molecule has 122 valence electrons. The summed E-state index contributed by atoms with van der Waals surface area (Å²) in [5.74, 6) is 0.934. The molecule has 0 N–H and O–H groups in total. The molecular formula is C18H32ClNO. The van der Waals surface area contributed by atoms with Crippen LogP contribution in [0.15, 0.2) is 18.3 Å². The summed E-state index contributed by atoms with van der Waals surface area (Å²) >= 11 is 0. The van der Waals surface area contributed by atoms with Gasteiger partial charge in [-0.05, 0) is 25.5 Å². The third-order valence-corrected chi connectivity index (χ3v) is 3.71. The quantitative estimate of drug-likeness (QED) is 0.434. The zero-order valence-corrected chi connectivity index (χ0v) is 14.6. The second kappa shape index (κ2) is 14.2. The number of ether oxygens (including phenoxy) is 1. The normalized spacial score (nSPS) is 10.2. The van der Waals surface area contributed by atoms with Gasteiger partial charge in [0.1, 0.15) is 5.75 Å². The Balaban J connectivity index is 0.00000400. The lowest BCUT2D eigenvalue weighted by Gasteiger charge is -2.07. The Morgan fingerprint density at radius 3 is 2.05 bits per heavy atom. The molecule has 0 atom stereocenters. The summed E-state index contributed by atoms with van der Waals surface area (Å²) in [6, 6.07) is 3.93. The molecule has 0 amide bonds. The van der Waals surface area contributed by atoms with Crippen molar-refractivity contribution in [1.82, 2.24) is 4.98 Å². The van der Waals surface area contributed by atoms with E-state index in [1.54, 1.807) is 0 Å². The van der Waals surface area contributed by atoms with Gasteiger partial charge in [-0.3, -0.25) is 4.98 Å². The summed E-state index contributed by atoms with van der Waals surface area (Å²) < 4.78 is 5.75. The molecule has 0 aliphatic carbocycles. The number of nitrogens with zero attached hydrogens (tertiary/aromatic N) is 1. The fourth-order valence-electron chi connectivity index (χ4n) is 2.39. The lowest BCUT2D eigenvalue weighted by Crippen LogP contribution is -1.99. The first-order valence-electron chi connectivity index (χ1n) is 8.39. The van der Waals surface area contributed by atoms with Crippen molar-refractivity contribution < 1.29 is 4.74 Å². The molecule has 0 spiro atoms. The van der Waals surface area contributed by atoms with Crippen LogP contribution < -0.4 is 4.74 Å². The fourth-order valence-corrected chi connectivity index (χ4v) is 2.39. The van der Waals surface area contributed by atoms with E-state index in [2.05, 4.69) is 11.9 Å². The molecule has 0 aromatic carbocycles. The highest BCUT2D eigenvalue weighted by molar-refractivity contribution is 5.85. The topological polar surface area (TPSA) is 22.1 Å². The molecule has 1 aromatic rings. The number of pyridine rings is 1. The zero-order chi connectivity index (χ0) is 14.5. The van der Waals surface area contributed by atoms with Crippen LogP contribution in [0, 0.1) is 6.92 Å². The fraction of sp³-hybridized carbons (Fsp3) is 0.722. The van der Waals surface area contributed by atoms with Gasteiger partial charge in [-0.1, -0.05) is 64.7 Å². The Morgan fingerprint density at radius 1 is 0.905 bits per heavy atom. The van der Waals surface area contributed by atoms with Crippen molar-refractivity contribution in [1.29, 1.82) is 0 Å². The lowest BCUT2D eigenvalue weighted by molar-refractivity contribution is 0.301. The van der Waals surface area contributed by atoms with Crippen LogP contribution in [0.25, 0.3) is 0 Å². The molecule has 3 heteroatoms. The van der Waals surface area contributed by atoms with Crippen LogP contribution >= 0.6 is 12.4 Å². The summed E-state index contributed by atoms with van der Waals surface area (Å²) in [6.45, 7) is 5.09. The number of hydrogen-bond donors (Lipinski definition) is 0. The van der Waals surface area contributed by atoms with Crippen molar-refractivity contribution in [2.45, 2.75) is 78.1 Å². The summed E-state index contributed by atoms with van der Waals surface area (Å²) in [4.78, 5) is 4.22. The molecule has 0 fully saturated rings. The van der Waals surface area contributed by atoms with Gasteiger partial charge in [-0.2, -0.15) is 0 Å². The van der Waals surface area contributed by atoms with Gasteiger partial charge in [0.25, 0.3) is 0 Å². The van der Waals surface area contributed by atoms with Gasteiger partial charge in [0.2, 0.25) is 0 Å². The average molecular weight is 314 g/mol. The Labute approximate surface area is 137 Å². The van der Waals surface area contributed by atoms with Crippen LogP contribution in [-0.4, -0.2) is 11.6 Å². The SMILES string of the molecule is CCCCCCCCCCCCOc1cccnc1C.Cl. The first-order valence-corrected chi connectivity index (χ1v) is 8.39. The first-order chi connectivity index (χ1) is 9.84. The van der Waals surface area contributed by atoms with E-state index in [1.807, 2.05) is 25.3 Å². The monoisotopic (exact) mass is 313 g/mol. The molecule has 21 heavy (non-hydrogen) atoms. The van der Waals surface area contributed by atoms with Gasteiger partial charge in [0.05, 0.1) is 12.3 Å². The van der Waals surface area contributed by atoms with E-state index in [1.165, 1.54) is 57.8 Å². The first kappa shape index (κ1) is 20.2. The van der Waals surface area contributed by atoms with Gasteiger partial charge >= 0.3 is 0 Å². The second-order valence-electron chi connectivity index (χ2n) is 5.62. The summed E-state index contributed by atoms with van der Waals surface area (Å²) in [7, 11) is 0. The van der Waals surface area contributed by atoms with Crippen molar-refractivity contribution in [2.24, 2.45) is 0 Å². The van der Waals surface area contributed by atoms with Crippen molar-refractivity contribution in [3.05, 3.63) is 24.0 Å². The lowest BCUT2D eigenvalue weighted by atomic mass is 10.1. The maximum absolute atomic E-state index is 5.75. The van der Waals surface area contributed by atoms with Crippen LogP contribution in [0.1, 0.15) is 76.8 Å². The minimum Gasteiger partial charge on any atom is -0.492 e. The molecule has 1 rings (SSSR count). The van der Waals surface area contributed by atoms with Crippen LogP contribution in [-0.2, 0) is 0 Å². The zero-order valence-electron chi connectivity index (χ0n) is 13.8. The Kier molecular flexibility index (Phi) is 13.7. The highest BCUT2D eigenvalue weighted by Crippen LogP contribution is 2.15. The largest absolute Gasteiger partial charge is 0.492 e. The summed E-state index contributed by atoms with van der Waals surface area (Å²) in [5, 5.41) is 0. The highest BCUT2D eigenvalue weighted by Gasteiger charge is 1.98. The summed E-state index contributed by atoms with van der Waals surface area (Å²) in [6.07, 6.45) is 15.4. The number of halogens is 1. The number of aromatic nitrogens is 1. The predicted octanol–water partition coefficient (Wildman–Crippen LogP) is 6.11. The molecule has 0 unspecified atom stereocenters. The third-order valence-electron chi connectivity index (χ3n) is 3.71. The number of hydrogen-bond acceptors (Lipinski definition) is 2. The van der Waals surface area contributed by atoms with Crippen LogP contribution in [0.2, 0.25) is 0 Å². The van der Waals surface area contributed by atoms with E-state index in [0.717, 1.165) is 24.5 Å². The highest BCUT2D eigenvalue weighted by atomic mass is 35.5. The van der Waals surface area contributed by atoms with E-state index in [0.29, 0.717) is 0 Å². The standard InChI is InChI=1S/C18H31NO.ClH/c1-3-4-5-6-7-8-9-10-11-12-16-20-18-14-13-15-19-17(18)2;/h13-15H,3-12,16H2,1-2H3;1H. The Bertz CT molecular complexity index is 344. The molecule has 0 radical (unpaired) electrons. The van der Waals surface area contributed by atoms with Gasteiger partial charge in [-0.15, -0.1) is 12.4 Å². The molecular weight excluding hydrogens is 282 g/mol. The van der Waals surface area contributed by atoms with Crippen molar-refractivity contribution in [2.75, 3.05) is 6.61 Å². The predicted molar refractivity (Wildman–Crippen MR) is 93.6 cm³/mol. The maximum Gasteiger partial charge on any atom is 0.140 e. The van der Waals surface area contributed by atoms with Gasteiger partial charge in [-0.25, -0.2) is 0 Å². The van der Waals surface area contributed by atoms with E-state index in [4.69, 9.17) is 4.74 Å². The molecule has 0 bridgehead atoms. The van der Waals surface area contributed by atoms with Crippen molar-refractivity contribution >= 4 is 12.4 Å². The Morgan fingerprint density at radius 2 is 1.48 bits per heavy atom. The molecule has 1 aromatic heterocycles. The smallest absolute Gasteiger partial charge is 0.140 e. The van der Waals surface area contributed by atoms with Crippen LogP contribution in [0.5, 0.6) is 5.75 Å². The van der Waals surface area contributed by atoms with Gasteiger partial charge in [0, 0.05) is 6.20 Å². The number of aryl methyl sites for hydroxylation is 1. The molecule has 0 saturated carbocycles. The van der Waals surface area contributed by atoms with E-state index in [9.17, 15) is 0 Å². The Hall–Kier alpha value is -0.760. The van der Waals surface area contributed by atoms with Crippen molar-refractivity contribution in [3.63, 3.8) is 0 Å². The van der Waals surface area contributed by atoms with Gasteiger partial charge in [0.15, 0.2) is 0 Å². The minimum absolute atomic E-state index is 0. The average Bonchev–Trinajstić information content (AvgIpc) is 2.46.